The summed E-state index contributed by atoms with van der Waals surface area (Å²) in [6.07, 6.45) is 4.87. The van der Waals surface area contributed by atoms with Crippen LogP contribution >= 0.6 is 7.82 Å². The van der Waals surface area contributed by atoms with Crippen molar-refractivity contribution in [1.29, 1.82) is 0 Å². The van der Waals surface area contributed by atoms with Crippen LogP contribution in [0.15, 0.2) is 0 Å². The molecule has 0 spiro atoms. The monoisotopic (exact) mass is 412 g/mol. The van der Waals surface area contributed by atoms with Crippen LogP contribution in [0.4, 0.5) is 0 Å². The molecule has 0 rings (SSSR count). The van der Waals surface area contributed by atoms with E-state index in [0.29, 0.717) is 23.9 Å². The highest BCUT2D eigenvalue weighted by atomic mass is 31.2. The Morgan fingerprint density at radius 2 is 1.74 bits per heavy atom. The van der Waals surface area contributed by atoms with Gasteiger partial charge in [-0.1, -0.05) is 19.3 Å². The minimum Gasteiger partial charge on any atom is -0.457 e. The summed E-state index contributed by atoms with van der Waals surface area (Å²) in [5.41, 5.74) is 0. The first-order valence-electron chi connectivity index (χ1n) is 9.26. The van der Waals surface area contributed by atoms with Gasteiger partial charge in [0.1, 0.15) is 25.5 Å². The van der Waals surface area contributed by atoms with Crippen LogP contribution in [0.2, 0.25) is 0 Å². The second-order valence-corrected chi connectivity index (χ2v) is 8.83. The number of phosphoric acid groups is 1. The van der Waals surface area contributed by atoms with Crippen molar-refractivity contribution >= 4 is 20.1 Å². The molecule has 0 fully saturated rings. The van der Waals surface area contributed by atoms with Gasteiger partial charge in [0.15, 0.2) is 0 Å². The highest BCUT2D eigenvalue weighted by Gasteiger charge is 2.25. The molecule has 0 aromatic heterocycles. The van der Waals surface area contributed by atoms with Crippen molar-refractivity contribution in [1.82, 2.24) is 0 Å². The first kappa shape index (κ1) is 26.2. The normalized spacial score (nSPS) is 15.1. The third-order valence-electron chi connectivity index (χ3n) is 3.64. The topological polar surface area (TPSA) is 119 Å². The minimum absolute atomic E-state index is 0.0354. The number of quaternary nitrogens is 1. The molecule has 0 aromatic carbocycles. The lowest BCUT2D eigenvalue weighted by Crippen LogP contribution is -2.37. The van der Waals surface area contributed by atoms with Gasteiger partial charge < -0.3 is 24.0 Å². The number of carbonyl (C=O) groups is 2. The molecule has 0 radical (unpaired) electrons. The van der Waals surface area contributed by atoms with Crippen molar-refractivity contribution in [2.24, 2.45) is 0 Å². The summed E-state index contributed by atoms with van der Waals surface area (Å²) in [6.45, 7) is -0.391. The lowest BCUT2D eigenvalue weighted by Gasteiger charge is -2.24. The molecule has 10 heteroatoms. The summed E-state index contributed by atoms with van der Waals surface area (Å²) in [6, 6.07) is 0. The largest absolute Gasteiger partial charge is 0.472 e. The minimum atomic E-state index is -4.27. The predicted octanol–water partition coefficient (Wildman–Crippen LogP) is 1.66. The van der Waals surface area contributed by atoms with Crippen LogP contribution in [0.1, 0.15) is 44.9 Å². The third kappa shape index (κ3) is 17.0. The number of rotatable bonds is 17. The van der Waals surface area contributed by atoms with E-state index < -0.39 is 33.1 Å². The van der Waals surface area contributed by atoms with Crippen molar-refractivity contribution < 1.29 is 42.4 Å². The van der Waals surface area contributed by atoms with Gasteiger partial charge in [-0.15, -0.1) is 0 Å². The average molecular weight is 412 g/mol. The van der Waals surface area contributed by atoms with E-state index in [1.165, 1.54) is 0 Å². The summed E-state index contributed by atoms with van der Waals surface area (Å²) in [5.74, 6) is -0.496. The van der Waals surface area contributed by atoms with E-state index in [-0.39, 0.29) is 13.0 Å². The van der Waals surface area contributed by atoms with E-state index in [0.717, 1.165) is 32.0 Å². The number of ether oxygens (including phenoxy) is 1. The van der Waals surface area contributed by atoms with Gasteiger partial charge in [0, 0.05) is 12.8 Å². The number of hydrogen-bond donors (Lipinski definition) is 2. The number of esters is 1. The quantitative estimate of drug-likeness (QED) is 0.122. The molecule has 9 nitrogen and oxygen atoms in total. The Bertz CT molecular complexity index is 466. The van der Waals surface area contributed by atoms with Gasteiger partial charge in [-0.2, -0.15) is 0 Å². The van der Waals surface area contributed by atoms with Gasteiger partial charge in [-0.3, -0.25) is 13.8 Å². The van der Waals surface area contributed by atoms with E-state index >= 15 is 0 Å². The fourth-order valence-corrected chi connectivity index (χ4v) is 2.78. The zero-order valence-electron chi connectivity index (χ0n) is 16.7. The molecule has 0 saturated carbocycles. The van der Waals surface area contributed by atoms with E-state index in [1.807, 2.05) is 21.1 Å². The van der Waals surface area contributed by atoms with Gasteiger partial charge in [-0.05, 0) is 12.8 Å². The van der Waals surface area contributed by atoms with Crippen LogP contribution in [-0.2, 0) is 27.9 Å². The van der Waals surface area contributed by atoms with Crippen LogP contribution in [0.25, 0.3) is 0 Å². The Labute approximate surface area is 161 Å². The molecular weight excluding hydrogens is 377 g/mol. The number of phosphoric ester groups is 1. The van der Waals surface area contributed by atoms with Crippen LogP contribution in [0, 0.1) is 0 Å². The average Bonchev–Trinajstić information content (AvgIpc) is 2.56. The molecule has 0 amide bonds. The number of hydrogen-bond acceptors (Lipinski definition) is 7. The van der Waals surface area contributed by atoms with Crippen LogP contribution in [-0.4, -0.2) is 80.4 Å². The molecular formula is C17H35NO8P+. The molecule has 0 aliphatic rings. The number of unbranched alkanes of at least 4 members (excludes halogenated alkanes) is 5. The maximum atomic E-state index is 11.8. The fraction of sp³-hybridized carbons (Fsp3) is 0.882. The highest BCUT2D eigenvalue weighted by molar-refractivity contribution is 7.47. The molecule has 160 valence electrons. The zero-order chi connectivity index (χ0) is 20.8. The van der Waals surface area contributed by atoms with E-state index in [1.54, 1.807) is 0 Å². The second-order valence-electron chi connectivity index (χ2n) is 7.38. The molecule has 1 unspecified atom stereocenters. The van der Waals surface area contributed by atoms with Gasteiger partial charge in [0.05, 0.1) is 34.4 Å². The summed E-state index contributed by atoms with van der Waals surface area (Å²) >= 11 is 0. The Morgan fingerprint density at radius 1 is 1.11 bits per heavy atom. The molecule has 0 heterocycles. The first-order chi connectivity index (χ1) is 12.6. The summed E-state index contributed by atoms with van der Waals surface area (Å²) in [7, 11) is 1.48. The van der Waals surface area contributed by atoms with Gasteiger partial charge in [0.25, 0.3) is 0 Å². The number of aliphatic hydroxyl groups is 1. The summed E-state index contributed by atoms with van der Waals surface area (Å²) < 4.78 is 27.0. The van der Waals surface area contributed by atoms with Gasteiger partial charge >= 0.3 is 13.8 Å². The Hall–Kier alpha value is -0.830. The van der Waals surface area contributed by atoms with Crippen molar-refractivity contribution in [3.05, 3.63) is 0 Å². The molecule has 0 aliphatic carbocycles. The summed E-state index contributed by atoms with van der Waals surface area (Å²) in [4.78, 5) is 31.6. The third-order valence-corrected chi connectivity index (χ3v) is 4.63. The number of aliphatic hydroxyl groups excluding tert-OH is 1. The van der Waals surface area contributed by atoms with Crippen LogP contribution < -0.4 is 0 Å². The number of carbonyl (C=O) groups excluding carboxylic acids is 2. The zero-order valence-corrected chi connectivity index (χ0v) is 17.6. The SMILES string of the molecule is C[N+](C)(C)CCOP(=O)(O)OC[C@@H](CO)OC(=O)CCCCCCCC=O. The van der Waals surface area contributed by atoms with E-state index in [9.17, 15) is 24.2 Å². The molecule has 0 aromatic rings. The van der Waals surface area contributed by atoms with E-state index in [2.05, 4.69) is 0 Å². The smallest absolute Gasteiger partial charge is 0.457 e. The van der Waals surface area contributed by atoms with Crippen molar-refractivity contribution in [2.75, 3.05) is 47.5 Å². The van der Waals surface area contributed by atoms with Gasteiger partial charge in [0.2, 0.25) is 0 Å². The summed E-state index contributed by atoms with van der Waals surface area (Å²) in [5, 5.41) is 9.25. The predicted molar refractivity (Wildman–Crippen MR) is 100.0 cm³/mol. The van der Waals surface area contributed by atoms with Crippen molar-refractivity contribution in [2.45, 2.75) is 51.0 Å². The molecule has 2 N–H and O–H groups in total. The second kappa shape index (κ2) is 14.2. The number of likely N-dealkylation sites (N-methyl/N-ethyl adjacent to an activating group) is 1. The Morgan fingerprint density at radius 3 is 2.33 bits per heavy atom. The Kier molecular flexibility index (Phi) is 13.8. The van der Waals surface area contributed by atoms with Crippen LogP contribution in [0.5, 0.6) is 0 Å². The number of nitrogens with zero attached hydrogens (tertiary/aromatic N) is 1. The Balaban J connectivity index is 3.99. The lowest BCUT2D eigenvalue weighted by atomic mass is 10.1. The maximum absolute atomic E-state index is 11.8. The van der Waals surface area contributed by atoms with Crippen molar-refractivity contribution in [3.8, 4) is 0 Å². The first-order valence-corrected chi connectivity index (χ1v) is 10.8. The number of aldehydes is 1. The molecule has 27 heavy (non-hydrogen) atoms. The molecule has 0 aliphatic heterocycles. The lowest BCUT2D eigenvalue weighted by molar-refractivity contribution is -0.870. The fourth-order valence-electron chi connectivity index (χ4n) is 2.04. The molecule has 2 atom stereocenters. The highest BCUT2D eigenvalue weighted by Crippen LogP contribution is 2.43. The van der Waals surface area contributed by atoms with Gasteiger partial charge in [-0.25, -0.2) is 4.57 Å². The standard InChI is InChI=1S/C17H34NO8P/c1-18(2,3)11-13-24-27(22,23)25-15-16(14-20)26-17(21)10-8-6-4-5-7-9-12-19/h12,16,20H,4-11,13-15H2,1-3H3/p+1/t16-/m1/s1. The van der Waals surface area contributed by atoms with Crippen molar-refractivity contribution in [3.63, 3.8) is 0 Å². The van der Waals surface area contributed by atoms with Crippen LogP contribution in [0.3, 0.4) is 0 Å². The molecule has 0 bridgehead atoms. The van der Waals surface area contributed by atoms with E-state index in [4.69, 9.17) is 13.8 Å². The maximum Gasteiger partial charge on any atom is 0.472 e. The molecule has 0 saturated heterocycles.